The summed E-state index contributed by atoms with van der Waals surface area (Å²) in [6.07, 6.45) is 69.5. The van der Waals surface area contributed by atoms with Crippen LogP contribution in [-0.2, 0) is 65.4 Å². The van der Waals surface area contributed by atoms with Gasteiger partial charge in [0.05, 0.1) is 26.4 Å². The number of aliphatic hydroxyl groups is 1. The van der Waals surface area contributed by atoms with Gasteiger partial charge in [-0.25, -0.2) is 9.13 Å². The predicted molar refractivity (Wildman–Crippen MR) is 432 cm³/mol. The zero-order valence-electron chi connectivity index (χ0n) is 69.0. The first-order valence-electron chi connectivity index (χ1n) is 44.5. The van der Waals surface area contributed by atoms with Gasteiger partial charge in [0.25, 0.3) is 0 Å². The second-order valence-electron chi connectivity index (χ2n) is 31.9. The summed E-state index contributed by atoms with van der Waals surface area (Å²) in [5.74, 6) is -0.585. The Balaban J connectivity index is 5.23. The minimum absolute atomic E-state index is 0.108. The molecule has 0 aliphatic heterocycles. The van der Waals surface area contributed by atoms with Crippen LogP contribution < -0.4 is 0 Å². The Labute approximate surface area is 645 Å². The Kier molecular flexibility index (Phi) is 76.0. The van der Waals surface area contributed by atoms with Crippen LogP contribution in [0.5, 0.6) is 0 Å². The first-order valence-corrected chi connectivity index (χ1v) is 47.5. The van der Waals surface area contributed by atoms with Crippen molar-refractivity contribution in [2.24, 2.45) is 11.8 Å². The molecule has 0 radical (unpaired) electrons. The van der Waals surface area contributed by atoms with E-state index >= 15 is 0 Å². The minimum Gasteiger partial charge on any atom is -0.462 e. The lowest BCUT2D eigenvalue weighted by molar-refractivity contribution is -0.161. The molecule has 0 heterocycles. The molecule has 105 heavy (non-hydrogen) atoms. The maximum absolute atomic E-state index is 13.1. The lowest BCUT2D eigenvalue weighted by Crippen LogP contribution is -2.30. The fourth-order valence-corrected chi connectivity index (χ4v) is 15.0. The van der Waals surface area contributed by atoms with Crippen LogP contribution >= 0.6 is 15.6 Å². The van der Waals surface area contributed by atoms with Crippen molar-refractivity contribution in [3.05, 3.63) is 0 Å². The second kappa shape index (κ2) is 77.4. The van der Waals surface area contributed by atoms with Gasteiger partial charge in [-0.15, -0.1) is 0 Å². The quantitative estimate of drug-likeness (QED) is 0.0222. The van der Waals surface area contributed by atoms with E-state index in [0.717, 1.165) is 102 Å². The van der Waals surface area contributed by atoms with Gasteiger partial charge >= 0.3 is 39.5 Å². The van der Waals surface area contributed by atoms with Crippen molar-refractivity contribution in [3.8, 4) is 0 Å². The number of phosphoric ester groups is 2. The molecule has 0 aliphatic carbocycles. The van der Waals surface area contributed by atoms with E-state index in [-0.39, 0.29) is 25.7 Å². The minimum atomic E-state index is -4.97. The molecule has 0 spiro atoms. The van der Waals surface area contributed by atoms with E-state index in [1.165, 1.54) is 276 Å². The summed E-state index contributed by atoms with van der Waals surface area (Å²) in [6, 6.07) is 0. The largest absolute Gasteiger partial charge is 0.472 e. The van der Waals surface area contributed by atoms with Crippen LogP contribution in [0.2, 0.25) is 0 Å². The third-order valence-corrected chi connectivity index (χ3v) is 22.1. The molecule has 0 amide bonds. The third-order valence-electron chi connectivity index (χ3n) is 20.2. The molecule has 2 unspecified atom stereocenters. The van der Waals surface area contributed by atoms with Crippen LogP contribution in [0, 0.1) is 11.8 Å². The highest BCUT2D eigenvalue weighted by atomic mass is 31.2. The molecule has 0 bridgehead atoms. The number of unbranched alkanes of at least 4 members (excludes halogenated alkanes) is 55. The van der Waals surface area contributed by atoms with Crippen LogP contribution in [0.15, 0.2) is 0 Å². The molecule has 17 nitrogen and oxygen atoms in total. The summed E-state index contributed by atoms with van der Waals surface area (Å²) in [5.41, 5.74) is 0. The van der Waals surface area contributed by atoms with E-state index in [2.05, 4.69) is 41.5 Å². The Morgan fingerprint density at radius 1 is 0.257 bits per heavy atom. The Morgan fingerprint density at radius 2 is 0.438 bits per heavy atom. The van der Waals surface area contributed by atoms with Crippen molar-refractivity contribution >= 4 is 39.5 Å². The number of phosphoric acid groups is 2. The topological polar surface area (TPSA) is 237 Å². The Morgan fingerprint density at radius 3 is 0.648 bits per heavy atom. The smallest absolute Gasteiger partial charge is 0.462 e. The zero-order valence-corrected chi connectivity index (χ0v) is 70.8. The van der Waals surface area contributed by atoms with Gasteiger partial charge in [0.15, 0.2) is 12.2 Å². The maximum atomic E-state index is 13.1. The molecule has 0 fully saturated rings. The normalized spacial score (nSPS) is 13.8. The first kappa shape index (κ1) is 103. The van der Waals surface area contributed by atoms with Gasteiger partial charge in [0.1, 0.15) is 19.3 Å². The fourth-order valence-electron chi connectivity index (χ4n) is 13.4. The standard InChI is InChI=1S/C86H168O17P2/c1-7-9-11-13-15-17-19-21-23-25-26-27-28-29-30-32-36-41-45-53-59-65-71-85(90)102-81(74-96-83(88)68-62-56-50-43-39-37-33-34-38-42-48-54-60-66-78(3)4)76-100-104(92,93)98-72-80(87)73-99-105(94,95)101-77-82(75-97-84(89)69-63-57-51-47-46-49-55-61-67-79(5)6)103-86(91)70-64-58-52-44-40-35-31-24-22-20-18-16-14-12-10-8-2/h78-82,87H,7-77H2,1-6H3,(H,92,93)(H,94,95)/t80-,81-,82-/m1/s1. The first-order chi connectivity index (χ1) is 50.9. The second-order valence-corrected chi connectivity index (χ2v) is 34.8. The van der Waals surface area contributed by atoms with Crippen molar-refractivity contribution in [1.82, 2.24) is 0 Å². The van der Waals surface area contributed by atoms with Crippen LogP contribution in [0.4, 0.5) is 0 Å². The SMILES string of the molecule is CCCCCCCCCCCCCCCCCCCCCCCCC(=O)O[C@H](COC(=O)CCCCCCCCCCCCCCCC(C)C)COP(=O)(O)OC[C@@H](O)COP(=O)(O)OC[C@@H](COC(=O)CCCCCCCCCCC(C)C)OC(=O)CCCCCCCCCCCCCCCCCC. The van der Waals surface area contributed by atoms with E-state index in [4.69, 9.17) is 37.0 Å². The van der Waals surface area contributed by atoms with Crippen molar-refractivity contribution in [1.29, 1.82) is 0 Å². The number of rotatable bonds is 85. The molecule has 624 valence electrons. The van der Waals surface area contributed by atoms with Crippen molar-refractivity contribution in [2.75, 3.05) is 39.6 Å². The molecule has 3 N–H and O–H groups in total. The fraction of sp³-hybridized carbons (Fsp3) is 0.953. The lowest BCUT2D eigenvalue weighted by Gasteiger charge is -2.21. The van der Waals surface area contributed by atoms with Gasteiger partial charge in [0, 0.05) is 25.7 Å². The van der Waals surface area contributed by atoms with Crippen LogP contribution in [0.1, 0.15) is 459 Å². The molecule has 0 rings (SSSR count). The molecular weight excluding hydrogens is 1370 g/mol. The van der Waals surface area contributed by atoms with Crippen LogP contribution in [0.3, 0.4) is 0 Å². The number of esters is 4. The van der Waals surface area contributed by atoms with Crippen molar-refractivity contribution in [3.63, 3.8) is 0 Å². The number of aliphatic hydroxyl groups excluding tert-OH is 1. The molecule has 0 aromatic rings. The summed E-state index contributed by atoms with van der Waals surface area (Å²) < 4.78 is 68.9. The number of hydrogen-bond donors (Lipinski definition) is 3. The molecule has 0 aromatic carbocycles. The molecule has 0 aliphatic rings. The molecular formula is C86H168O17P2. The van der Waals surface area contributed by atoms with Gasteiger partial charge in [-0.3, -0.25) is 37.3 Å². The zero-order chi connectivity index (χ0) is 77.1. The van der Waals surface area contributed by atoms with E-state index in [9.17, 15) is 43.2 Å². The number of carbonyl (C=O) groups is 4. The molecule has 0 saturated heterocycles. The summed E-state index contributed by atoms with van der Waals surface area (Å²) >= 11 is 0. The molecule has 0 aromatic heterocycles. The number of carbonyl (C=O) groups excluding carboxylic acids is 4. The molecule has 5 atom stereocenters. The highest BCUT2D eigenvalue weighted by Gasteiger charge is 2.30. The van der Waals surface area contributed by atoms with E-state index < -0.39 is 97.5 Å². The van der Waals surface area contributed by atoms with E-state index in [0.29, 0.717) is 25.7 Å². The van der Waals surface area contributed by atoms with Crippen LogP contribution in [0.25, 0.3) is 0 Å². The van der Waals surface area contributed by atoms with Gasteiger partial charge in [0.2, 0.25) is 0 Å². The summed E-state index contributed by atoms with van der Waals surface area (Å²) in [7, 11) is -9.93. The number of ether oxygens (including phenoxy) is 4. The third kappa shape index (κ3) is 79.9. The van der Waals surface area contributed by atoms with Gasteiger partial charge in [-0.1, -0.05) is 408 Å². The van der Waals surface area contributed by atoms with Crippen LogP contribution in [-0.4, -0.2) is 96.7 Å². The highest BCUT2D eigenvalue weighted by Crippen LogP contribution is 2.45. The van der Waals surface area contributed by atoms with Crippen molar-refractivity contribution in [2.45, 2.75) is 477 Å². The van der Waals surface area contributed by atoms with E-state index in [1.54, 1.807) is 0 Å². The number of hydrogen-bond acceptors (Lipinski definition) is 15. The van der Waals surface area contributed by atoms with E-state index in [1.807, 2.05) is 0 Å². The van der Waals surface area contributed by atoms with Gasteiger partial charge < -0.3 is 33.8 Å². The Bertz CT molecular complexity index is 2010. The molecule has 0 saturated carbocycles. The summed E-state index contributed by atoms with van der Waals surface area (Å²) in [6.45, 7) is 9.65. The summed E-state index contributed by atoms with van der Waals surface area (Å²) in [4.78, 5) is 73.2. The summed E-state index contributed by atoms with van der Waals surface area (Å²) in [5, 5.41) is 10.7. The molecule has 19 heteroatoms. The highest BCUT2D eigenvalue weighted by molar-refractivity contribution is 7.47. The predicted octanol–water partition coefficient (Wildman–Crippen LogP) is 26.2. The average molecular weight is 1540 g/mol. The van der Waals surface area contributed by atoms with Crippen molar-refractivity contribution < 1.29 is 80.2 Å². The lowest BCUT2D eigenvalue weighted by atomic mass is 10.0. The van der Waals surface area contributed by atoms with Gasteiger partial charge in [-0.2, -0.15) is 0 Å². The maximum Gasteiger partial charge on any atom is 0.472 e. The Hall–Kier alpha value is -1.94. The average Bonchev–Trinajstić information content (AvgIpc) is 0.906. The monoisotopic (exact) mass is 1540 g/mol. The van der Waals surface area contributed by atoms with Gasteiger partial charge in [-0.05, 0) is 37.5 Å².